The lowest BCUT2D eigenvalue weighted by molar-refractivity contribution is 0.0489. The number of benzene rings is 2. The van der Waals surface area contributed by atoms with Gasteiger partial charge in [-0.25, -0.2) is 13.8 Å². The van der Waals surface area contributed by atoms with E-state index >= 15 is 0 Å². The highest BCUT2D eigenvalue weighted by Gasteiger charge is 2.29. The number of thiazole rings is 1. The van der Waals surface area contributed by atoms with Gasteiger partial charge in [-0.2, -0.15) is 0 Å². The van der Waals surface area contributed by atoms with E-state index in [0.29, 0.717) is 28.5 Å². The lowest BCUT2D eigenvalue weighted by Crippen LogP contribution is -2.45. The van der Waals surface area contributed by atoms with Crippen LogP contribution in [0.25, 0.3) is 10.2 Å². The van der Waals surface area contributed by atoms with Crippen molar-refractivity contribution >= 4 is 32.6 Å². The molecule has 1 amide bonds. The number of hydrogen-bond donors (Lipinski definition) is 2. The Bertz CT molecular complexity index is 996. The minimum Gasteiger partial charge on any atom is -0.373 e. The van der Waals surface area contributed by atoms with E-state index in [1.807, 2.05) is 18.2 Å². The number of nitrogens with zero attached hydrogens (tertiary/aromatic N) is 2. The smallest absolute Gasteiger partial charge is 0.253 e. The number of halogens is 2. The van der Waals surface area contributed by atoms with Crippen LogP contribution in [0, 0.1) is 17.6 Å². The number of fused-ring (bicyclic) bond motifs is 1. The summed E-state index contributed by atoms with van der Waals surface area (Å²) in [5.41, 5.74) is 0.694. The lowest BCUT2D eigenvalue weighted by atomic mass is 9.95. The minimum atomic E-state index is -0.945. The van der Waals surface area contributed by atoms with Crippen LogP contribution in [0.15, 0.2) is 42.5 Å². The van der Waals surface area contributed by atoms with Crippen molar-refractivity contribution in [2.45, 2.75) is 19.1 Å². The Morgan fingerprint density at radius 2 is 2.07 bits per heavy atom. The maximum atomic E-state index is 13.8. The zero-order valence-corrected chi connectivity index (χ0v) is 15.8. The van der Waals surface area contributed by atoms with Gasteiger partial charge in [0.05, 0.1) is 4.70 Å². The first-order valence-electron chi connectivity index (χ1n) is 9.06. The Balaban J connectivity index is 1.45. The Labute approximate surface area is 164 Å². The molecule has 5 nitrogen and oxygen atoms in total. The third-order valence-corrected chi connectivity index (χ3v) is 5.83. The molecule has 0 radical (unpaired) electrons. The van der Waals surface area contributed by atoms with Crippen LogP contribution in [0.2, 0.25) is 0 Å². The molecule has 28 heavy (non-hydrogen) atoms. The van der Waals surface area contributed by atoms with Crippen molar-refractivity contribution in [1.82, 2.24) is 9.88 Å². The summed E-state index contributed by atoms with van der Waals surface area (Å²) in [6, 6.07) is 11.0. The second kappa shape index (κ2) is 7.81. The summed E-state index contributed by atoms with van der Waals surface area (Å²) >= 11 is 1.08. The molecule has 1 aliphatic rings. The third kappa shape index (κ3) is 3.83. The molecule has 146 valence electrons. The number of aliphatic hydroxyl groups excluding tert-OH is 1. The number of nitrogens with one attached hydrogen (secondary N) is 1. The highest BCUT2D eigenvalue weighted by Crippen LogP contribution is 2.30. The Hall–Kier alpha value is -2.58. The molecular weight excluding hydrogens is 384 g/mol. The van der Waals surface area contributed by atoms with E-state index in [4.69, 9.17) is 0 Å². The van der Waals surface area contributed by atoms with Gasteiger partial charge in [0.15, 0.2) is 10.9 Å². The van der Waals surface area contributed by atoms with Gasteiger partial charge in [0.25, 0.3) is 5.91 Å². The number of likely N-dealkylation sites (tertiary alicyclic amines) is 1. The molecule has 2 atom stereocenters. The van der Waals surface area contributed by atoms with E-state index in [0.717, 1.165) is 30.2 Å². The van der Waals surface area contributed by atoms with Crippen LogP contribution in [0.4, 0.5) is 13.9 Å². The lowest BCUT2D eigenvalue weighted by Gasteiger charge is -2.35. The quantitative estimate of drug-likeness (QED) is 0.650. The highest BCUT2D eigenvalue weighted by atomic mass is 32.1. The summed E-state index contributed by atoms with van der Waals surface area (Å²) in [6.07, 6.45) is 0.585. The van der Waals surface area contributed by atoms with Gasteiger partial charge in [-0.3, -0.25) is 4.79 Å². The SMILES string of the molecule is O=C(c1ccccc1)N1CCCC(C(O)Nc2nc3c(F)cc(F)cc3s2)C1. The minimum absolute atomic E-state index is 0.0602. The van der Waals surface area contributed by atoms with E-state index < -0.39 is 17.9 Å². The van der Waals surface area contributed by atoms with Gasteiger partial charge in [0.2, 0.25) is 0 Å². The predicted octanol–water partition coefficient (Wildman–Crippen LogP) is 3.86. The van der Waals surface area contributed by atoms with Crippen LogP contribution in [-0.2, 0) is 0 Å². The molecule has 3 aromatic rings. The van der Waals surface area contributed by atoms with Gasteiger partial charge >= 0.3 is 0 Å². The van der Waals surface area contributed by atoms with Crippen LogP contribution >= 0.6 is 11.3 Å². The topological polar surface area (TPSA) is 65.5 Å². The Morgan fingerprint density at radius 1 is 1.29 bits per heavy atom. The summed E-state index contributed by atoms with van der Waals surface area (Å²) in [5.74, 6) is -1.64. The third-order valence-electron chi connectivity index (χ3n) is 4.90. The maximum absolute atomic E-state index is 13.8. The molecule has 0 bridgehead atoms. The van der Waals surface area contributed by atoms with E-state index in [2.05, 4.69) is 10.3 Å². The van der Waals surface area contributed by atoms with Crippen molar-refractivity contribution in [3.8, 4) is 0 Å². The van der Waals surface area contributed by atoms with Gasteiger partial charge in [-0.15, -0.1) is 0 Å². The molecular formula is C20H19F2N3O2S. The van der Waals surface area contributed by atoms with E-state index in [1.54, 1.807) is 17.0 Å². The summed E-state index contributed by atoms with van der Waals surface area (Å²) in [4.78, 5) is 18.5. The first-order valence-corrected chi connectivity index (χ1v) is 9.87. The molecule has 2 aromatic carbocycles. The number of aliphatic hydroxyl groups is 1. The molecule has 1 aliphatic heterocycles. The van der Waals surface area contributed by atoms with Gasteiger partial charge in [0, 0.05) is 30.6 Å². The number of hydrogen-bond acceptors (Lipinski definition) is 5. The van der Waals surface area contributed by atoms with Crippen molar-refractivity contribution in [3.05, 3.63) is 59.7 Å². The van der Waals surface area contributed by atoms with Gasteiger partial charge in [0.1, 0.15) is 17.6 Å². The summed E-state index contributed by atoms with van der Waals surface area (Å²) in [6.45, 7) is 1.05. The van der Waals surface area contributed by atoms with Gasteiger partial charge in [-0.1, -0.05) is 29.5 Å². The van der Waals surface area contributed by atoms with Gasteiger partial charge in [-0.05, 0) is 31.0 Å². The van der Waals surface area contributed by atoms with Crippen LogP contribution in [0.3, 0.4) is 0 Å². The Kier molecular flexibility index (Phi) is 5.23. The number of aromatic nitrogens is 1. The fourth-order valence-electron chi connectivity index (χ4n) is 3.48. The highest BCUT2D eigenvalue weighted by molar-refractivity contribution is 7.22. The molecule has 0 saturated carbocycles. The molecule has 1 aromatic heterocycles. The van der Waals surface area contributed by atoms with Crippen molar-refractivity contribution in [1.29, 1.82) is 0 Å². The second-order valence-electron chi connectivity index (χ2n) is 6.86. The van der Waals surface area contributed by atoms with Crippen molar-refractivity contribution in [2.75, 3.05) is 18.4 Å². The first-order chi connectivity index (χ1) is 13.5. The van der Waals surface area contributed by atoms with E-state index in [-0.39, 0.29) is 17.3 Å². The fraction of sp³-hybridized carbons (Fsp3) is 0.300. The number of piperidine rings is 1. The van der Waals surface area contributed by atoms with E-state index in [1.165, 1.54) is 6.07 Å². The zero-order valence-electron chi connectivity index (χ0n) is 14.9. The molecule has 0 spiro atoms. The van der Waals surface area contributed by atoms with E-state index in [9.17, 15) is 18.7 Å². The first kappa shape index (κ1) is 18.8. The number of rotatable bonds is 4. The average Bonchev–Trinajstić information content (AvgIpc) is 3.10. The number of amides is 1. The molecule has 0 aliphatic carbocycles. The predicted molar refractivity (Wildman–Crippen MR) is 104 cm³/mol. The monoisotopic (exact) mass is 403 g/mol. The summed E-state index contributed by atoms with van der Waals surface area (Å²) in [5, 5.41) is 13.8. The normalized spacial score (nSPS) is 18.2. The molecule has 2 heterocycles. The van der Waals surface area contributed by atoms with Crippen LogP contribution < -0.4 is 5.32 Å². The van der Waals surface area contributed by atoms with Gasteiger partial charge < -0.3 is 15.3 Å². The largest absolute Gasteiger partial charge is 0.373 e. The van der Waals surface area contributed by atoms with Crippen molar-refractivity contribution in [2.24, 2.45) is 5.92 Å². The molecule has 2 N–H and O–H groups in total. The summed E-state index contributed by atoms with van der Waals surface area (Å²) < 4.78 is 27.5. The average molecular weight is 403 g/mol. The molecule has 2 unspecified atom stereocenters. The standard InChI is InChI=1S/C20H19F2N3O2S/c21-14-9-15(22)17-16(10-14)28-20(23-17)24-18(26)13-7-4-8-25(11-13)19(27)12-5-2-1-3-6-12/h1-3,5-6,9-10,13,18,26H,4,7-8,11H2,(H,23,24). The zero-order chi connectivity index (χ0) is 19.7. The molecule has 1 saturated heterocycles. The van der Waals surface area contributed by atoms with Crippen LogP contribution in [0.1, 0.15) is 23.2 Å². The van der Waals surface area contributed by atoms with Crippen molar-refractivity contribution in [3.63, 3.8) is 0 Å². The number of carbonyl (C=O) groups is 1. The van der Waals surface area contributed by atoms with Crippen LogP contribution in [0.5, 0.6) is 0 Å². The maximum Gasteiger partial charge on any atom is 0.253 e. The number of carbonyl (C=O) groups excluding carboxylic acids is 1. The van der Waals surface area contributed by atoms with Crippen LogP contribution in [-0.4, -0.2) is 40.2 Å². The molecule has 1 fully saturated rings. The second-order valence-corrected chi connectivity index (χ2v) is 7.89. The number of anilines is 1. The summed E-state index contributed by atoms with van der Waals surface area (Å²) in [7, 11) is 0. The molecule has 8 heteroatoms. The van der Waals surface area contributed by atoms with Crippen molar-refractivity contribution < 1.29 is 18.7 Å². The molecule has 4 rings (SSSR count). The fourth-order valence-corrected chi connectivity index (χ4v) is 4.41. The Morgan fingerprint density at radius 3 is 2.86 bits per heavy atom.